The van der Waals surface area contributed by atoms with Crippen LogP contribution in [0.3, 0.4) is 0 Å². The van der Waals surface area contributed by atoms with E-state index < -0.39 is 0 Å². The van der Waals surface area contributed by atoms with Crippen LogP contribution >= 0.6 is 0 Å². The first-order valence-electron chi connectivity index (χ1n) is 9.04. The fourth-order valence-electron chi connectivity index (χ4n) is 3.47. The largest absolute Gasteiger partial charge is 0.0622 e. The monoisotopic (exact) mass is 334 g/mol. The van der Waals surface area contributed by atoms with E-state index in [0.717, 1.165) is 0 Å². The van der Waals surface area contributed by atoms with Crippen molar-refractivity contribution in [2.75, 3.05) is 0 Å². The lowest BCUT2D eigenvalue weighted by atomic mass is 9.91. The first-order chi connectivity index (χ1) is 12.7. The molecule has 0 heterocycles. The number of hydrogen-bond donors (Lipinski definition) is 0. The molecule has 0 amide bonds. The third kappa shape index (κ3) is 3.32. The van der Waals surface area contributed by atoms with Crippen molar-refractivity contribution >= 4 is 0 Å². The Labute approximate surface area is 155 Å². The molecule has 4 aromatic rings. The normalized spacial score (nSPS) is 10.7. The Balaban J connectivity index is 1.95. The maximum absolute atomic E-state index is 2.31. The lowest BCUT2D eigenvalue weighted by Gasteiger charge is -2.13. The summed E-state index contributed by atoms with van der Waals surface area (Å²) in [5.41, 5.74) is 10.2. The van der Waals surface area contributed by atoms with Crippen LogP contribution in [0.25, 0.3) is 33.4 Å². The van der Waals surface area contributed by atoms with Crippen molar-refractivity contribution in [3.05, 3.63) is 108 Å². The van der Waals surface area contributed by atoms with Crippen LogP contribution < -0.4 is 0 Å². The Hall–Kier alpha value is -3.12. The molecule has 0 radical (unpaired) electrons. The van der Waals surface area contributed by atoms with Gasteiger partial charge < -0.3 is 0 Å². The highest BCUT2D eigenvalue weighted by Crippen LogP contribution is 2.34. The van der Waals surface area contributed by atoms with Gasteiger partial charge in [0.25, 0.3) is 0 Å². The number of benzene rings is 4. The minimum Gasteiger partial charge on any atom is -0.0622 e. The van der Waals surface area contributed by atoms with Crippen molar-refractivity contribution in [2.45, 2.75) is 13.8 Å². The van der Waals surface area contributed by atoms with Gasteiger partial charge in [-0.3, -0.25) is 0 Å². The third-order valence-corrected chi connectivity index (χ3v) is 4.85. The van der Waals surface area contributed by atoms with E-state index in [1.165, 1.54) is 44.5 Å². The summed E-state index contributed by atoms with van der Waals surface area (Å²) < 4.78 is 0. The number of aryl methyl sites for hydroxylation is 2. The van der Waals surface area contributed by atoms with Crippen LogP contribution in [-0.4, -0.2) is 0 Å². The van der Waals surface area contributed by atoms with Gasteiger partial charge in [-0.05, 0) is 71.0 Å². The molecule has 0 N–H and O–H groups in total. The fraction of sp³-hybridized carbons (Fsp3) is 0.0769. The SMILES string of the molecule is Cc1cccc(-c2cc(-c3ccccc3)cc(-c3ccccc3C)c2)c1. The topological polar surface area (TPSA) is 0 Å². The Morgan fingerprint density at radius 3 is 1.77 bits per heavy atom. The van der Waals surface area contributed by atoms with E-state index >= 15 is 0 Å². The zero-order chi connectivity index (χ0) is 17.9. The van der Waals surface area contributed by atoms with Crippen LogP contribution in [0.1, 0.15) is 11.1 Å². The highest BCUT2D eigenvalue weighted by molar-refractivity contribution is 5.82. The van der Waals surface area contributed by atoms with E-state index in [4.69, 9.17) is 0 Å². The highest BCUT2D eigenvalue weighted by Gasteiger charge is 2.08. The van der Waals surface area contributed by atoms with Crippen molar-refractivity contribution in [1.29, 1.82) is 0 Å². The molecule has 0 aliphatic carbocycles. The van der Waals surface area contributed by atoms with E-state index in [2.05, 4.69) is 111 Å². The second-order valence-corrected chi connectivity index (χ2v) is 6.85. The molecular weight excluding hydrogens is 312 g/mol. The second kappa shape index (κ2) is 7.01. The molecule has 4 aromatic carbocycles. The van der Waals surface area contributed by atoms with Gasteiger partial charge in [-0.2, -0.15) is 0 Å². The third-order valence-electron chi connectivity index (χ3n) is 4.85. The van der Waals surface area contributed by atoms with E-state index in [-0.39, 0.29) is 0 Å². The van der Waals surface area contributed by atoms with E-state index in [1.54, 1.807) is 0 Å². The molecule has 0 aliphatic heterocycles. The zero-order valence-corrected chi connectivity index (χ0v) is 15.2. The molecule has 0 saturated carbocycles. The van der Waals surface area contributed by atoms with Gasteiger partial charge in [0.2, 0.25) is 0 Å². The number of rotatable bonds is 3. The first kappa shape index (κ1) is 16.4. The molecule has 0 heteroatoms. The molecule has 26 heavy (non-hydrogen) atoms. The molecule has 0 unspecified atom stereocenters. The Morgan fingerprint density at radius 2 is 1.04 bits per heavy atom. The highest BCUT2D eigenvalue weighted by atomic mass is 14.1. The minimum absolute atomic E-state index is 1.25. The quantitative estimate of drug-likeness (QED) is 0.368. The Morgan fingerprint density at radius 1 is 0.423 bits per heavy atom. The summed E-state index contributed by atoms with van der Waals surface area (Å²) >= 11 is 0. The summed E-state index contributed by atoms with van der Waals surface area (Å²) in [6.45, 7) is 4.32. The standard InChI is InChI=1S/C26H22/c1-19-9-8-13-22(15-19)24-16-23(21-11-4-3-5-12-21)17-25(18-24)26-14-7-6-10-20(26)2/h3-18H,1-2H3. The summed E-state index contributed by atoms with van der Waals surface area (Å²) in [6, 6.07) is 34.9. The van der Waals surface area contributed by atoms with Crippen molar-refractivity contribution < 1.29 is 0 Å². The molecule has 0 fully saturated rings. The van der Waals surface area contributed by atoms with Gasteiger partial charge in [-0.15, -0.1) is 0 Å². The fourth-order valence-corrected chi connectivity index (χ4v) is 3.47. The Kier molecular flexibility index (Phi) is 4.41. The molecule has 0 aliphatic rings. The van der Waals surface area contributed by atoms with Gasteiger partial charge in [0.15, 0.2) is 0 Å². The van der Waals surface area contributed by atoms with Crippen molar-refractivity contribution in [1.82, 2.24) is 0 Å². The van der Waals surface area contributed by atoms with Crippen LogP contribution in [-0.2, 0) is 0 Å². The molecule has 126 valence electrons. The first-order valence-corrected chi connectivity index (χ1v) is 9.04. The maximum Gasteiger partial charge on any atom is -0.0154 e. The van der Waals surface area contributed by atoms with Crippen molar-refractivity contribution in [3.8, 4) is 33.4 Å². The second-order valence-electron chi connectivity index (χ2n) is 6.85. The van der Waals surface area contributed by atoms with Gasteiger partial charge >= 0.3 is 0 Å². The lowest BCUT2D eigenvalue weighted by Crippen LogP contribution is -1.88. The Bertz CT molecular complexity index is 1040. The molecule has 0 nitrogen and oxygen atoms in total. The molecule has 0 aromatic heterocycles. The van der Waals surface area contributed by atoms with Crippen LogP contribution in [0.2, 0.25) is 0 Å². The summed E-state index contributed by atoms with van der Waals surface area (Å²) in [5, 5.41) is 0. The van der Waals surface area contributed by atoms with Crippen LogP contribution in [0.15, 0.2) is 97.1 Å². The van der Waals surface area contributed by atoms with Gasteiger partial charge in [-0.1, -0.05) is 84.4 Å². The van der Waals surface area contributed by atoms with Crippen molar-refractivity contribution in [3.63, 3.8) is 0 Å². The molecular formula is C26H22. The average Bonchev–Trinajstić information content (AvgIpc) is 2.69. The minimum atomic E-state index is 1.25. The predicted molar refractivity (Wildman–Crippen MR) is 112 cm³/mol. The van der Waals surface area contributed by atoms with Crippen LogP contribution in [0.5, 0.6) is 0 Å². The summed E-state index contributed by atoms with van der Waals surface area (Å²) in [6.07, 6.45) is 0. The molecule has 4 rings (SSSR count). The molecule has 0 saturated heterocycles. The molecule has 0 bridgehead atoms. The summed E-state index contributed by atoms with van der Waals surface area (Å²) in [7, 11) is 0. The molecule has 0 atom stereocenters. The maximum atomic E-state index is 2.31. The van der Waals surface area contributed by atoms with Crippen molar-refractivity contribution in [2.24, 2.45) is 0 Å². The zero-order valence-electron chi connectivity index (χ0n) is 15.2. The van der Waals surface area contributed by atoms with E-state index in [0.29, 0.717) is 0 Å². The average molecular weight is 334 g/mol. The van der Waals surface area contributed by atoms with Gasteiger partial charge in [0.05, 0.1) is 0 Å². The predicted octanol–water partition coefficient (Wildman–Crippen LogP) is 7.30. The van der Waals surface area contributed by atoms with E-state index in [9.17, 15) is 0 Å². The van der Waals surface area contributed by atoms with Gasteiger partial charge in [0, 0.05) is 0 Å². The van der Waals surface area contributed by atoms with E-state index in [1.807, 2.05) is 0 Å². The van der Waals surface area contributed by atoms with Gasteiger partial charge in [0.1, 0.15) is 0 Å². The number of hydrogen-bond acceptors (Lipinski definition) is 0. The molecule has 0 spiro atoms. The summed E-state index contributed by atoms with van der Waals surface area (Å²) in [5.74, 6) is 0. The summed E-state index contributed by atoms with van der Waals surface area (Å²) in [4.78, 5) is 0. The van der Waals surface area contributed by atoms with Gasteiger partial charge in [-0.25, -0.2) is 0 Å². The lowest BCUT2D eigenvalue weighted by molar-refractivity contribution is 1.45. The van der Waals surface area contributed by atoms with Crippen LogP contribution in [0, 0.1) is 13.8 Å². The smallest absolute Gasteiger partial charge is 0.0154 e. The van der Waals surface area contributed by atoms with Crippen LogP contribution in [0.4, 0.5) is 0 Å².